The summed E-state index contributed by atoms with van der Waals surface area (Å²) in [7, 11) is 0. The van der Waals surface area contributed by atoms with Gasteiger partial charge >= 0.3 is 17.9 Å². The zero-order valence-electron chi connectivity index (χ0n) is 20.7. The summed E-state index contributed by atoms with van der Waals surface area (Å²) in [5.74, 6) is -6.54. The largest absolute Gasteiger partial charge is 0.546 e. The van der Waals surface area contributed by atoms with Crippen LogP contribution in [0.5, 0.6) is 0 Å². The van der Waals surface area contributed by atoms with Crippen LogP contribution in [0.2, 0.25) is 0 Å². The summed E-state index contributed by atoms with van der Waals surface area (Å²) in [6.45, 7) is 3.73. The molecule has 2 aliphatic rings. The van der Waals surface area contributed by atoms with E-state index in [1.807, 2.05) is 13.8 Å². The monoisotopic (exact) mass is 531 g/mol. The minimum Gasteiger partial charge on any atom is -0.546 e. The maximum absolute atomic E-state index is 12.0. The van der Waals surface area contributed by atoms with Crippen molar-refractivity contribution < 1.29 is 59.2 Å². The lowest BCUT2D eigenvalue weighted by Gasteiger charge is -2.24. The molecule has 12 nitrogen and oxygen atoms in total. The molecule has 1 saturated heterocycles. The zero-order valence-corrected chi connectivity index (χ0v) is 20.7. The fourth-order valence-corrected chi connectivity index (χ4v) is 4.05. The Labute approximate surface area is 217 Å². The molecule has 0 spiro atoms. The van der Waals surface area contributed by atoms with Crippen LogP contribution in [0.1, 0.15) is 41.0 Å². The Morgan fingerprint density at radius 1 is 0.895 bits per heavy atom. The highest BCUT2D eigenvalue weighted by Gasteiger charge is 2.54. The van der Waals surface area contributed by atoms with Crippen LogP contribution in [0, 0.1) is 0 Å². The van der Waals surface area contributed by atoms with Gasteiger partial charge in [-0.25, -0.2) is 14.4 Å². The average Bonchev–Trinajstić information content (AvgIpc) is 3.34. The maximum atomic E-state index is 12.0. The van der Waals surface area contributed by atoms with E-state index in [9.17, 15) is 34.5 Å². The maximum Gasteiger partial charge on any atom is 0.349 e. The highest BCUT2D eigenvalue weighted by atomic mass is 16.8. The van der Waals surface area contributed by atoms with Gasteiger partial charge in [0.05, 0.1) is 23.2 Å². The molecule has 2 aromatic rings. The van der Waals surface area contributed by atoms with E-state index in [0.717, 1.165) is 0 Å². The molecule has 1 saturated carbocycles. The second kappa shape index (κ2) is 12.1. The van der Waals surface area contributed by atoms with E-state index in [1.165, 1.54) is 48.5 Å². The van der Waals surface area contributed by atoms with Gasteiger partial charge in [0.15, 0.2) is 11.9 Å². The number of fused-ring (bicyclic) bond motifs is 1. The summed E-state index contributed by atoms with van der Waals surface area (Å²) in [6.07, 6.45) is -4.50. The van der Waals surface area contributed by atoms with Crippen LogP contribution in [-0.2, 0) is 28.5 Å². The number of ether oxygens (including phenoxy) is 4. The summed E-state index contributed by atoms with van der Waals surface area (Å²) >= 11 is 0. The van der Waals surface area contributed by atoms with Crippen molar-refractivity contribution in [3.8, 4) is 0 Å². The Hall–Kier alpha value is -3.84. The molecule has 6 atom stereocenters. The van der Waals surface area contributed by atoms with Crippen molar-refractivity contribution in [1.82, 2.24) is 0 Å². The Morgan fingerprint density at radius 3 is 1.76 bits per heavy atom. The standard InChI is InChI=1S/C18H14O8.C8H15NO3/c19-15(20)13(25-17(23)11-7-3-1-4-8-11)14(16(21)22)26-18(24)12-9-5-2-6-10-12;1-8(2)11-6-4(9)3-5(10)7(6)12-8/h1-10,13-14H,(H,19,20)(H,21,22);4-7,10H,3,9H2,1-2H3/t13-,14-;4-,5+,6+,7-/m11/s1. The predicted molar refractivity (Wildman–Crippen MR) is 125 cm³/mol. The number of rotatable bonds is 7. The van der Waals surface area contributed by atoms with Gasteiger partial charge in [-0.2, -0.15) is 0 Å². The molecule has 4 rings (SSSR count). The van der Waals surface area contributed by atoms with Crippen LogP contribution in [-0.4, -0.2) is 76.4 Å². The molecule has 12 heteroatoms. The third kappa shape index (κ3) is 7.13. The smallest absolute Gasteiger partial charge is 0.349 e. The number of carboxylic acids is 2. The van der Waals surface area contributed by atoms with E-state index < -0.39 is 48.0 Å². The highest BCUT2D eigenvalue weighted by molar-refractivity contribution is 5.95. The van der Waals surface area contributed by atoms with Crippen molar-refractivity contribution in [2.24, 2.45) is 0 Å². The first-order valence-corrected chi connectivity index (χ1v) is 11.7. The normalized spacial score (nSPS) is 24.6. The van der Waals surface area contributed by atoms with Crippen LogP contribution in [0.4, 0.5) is 0 Å². The number of carbonyl (C=O) groups excluding carboxylic acids is 3. The van der Waals surface area contributed by atoms with Crippen molar-refractivity contribution >= 4 is 23.9 Å². The Bertz CT molecular complexity index is 1050. The van der Waals surface area contributed by atoms with Crippen molar-refractivity contribution in [1.29, 1.82) is 0 Å². The van der Waals surface area contributed by atoms with Crippen molar-refractivity contribution in [3.63, 3.8) is 0 Å². The van der Waals surface area contributed by atoms with E-state index >= 15 is 0 Å². The molecule has 1 aliphatic heterocycles. The number of benzene rings is 2. The molecule has 2 fully saturated rings. The van der Waals surface area contributed by atoms with Gasteiger partial charge in [-0.15, -0.1) is 0 Å². The van der Waals surface area contributed by atoms with Gasteiger partial charge in [0.25, 0.3) is 0 Å². The Morgan fingerprint density at radius 2 is 1.34 bits per heavy atom. The van der Waals surface area contributed by atoms with Crippen LogP contribution in [0.25, 0.3) is 0 Å². The topological polar surface area (TPSA) is 196 Å². The van der Waals surface area contributed by atoms with E-state index in [2.05, 4.69) is 5.73 Å². The number of aliphatic hydroxyl groups is 1. The lowest BCUT2D eigenvalue weighted by molar-refractivity contribution is -0.436. The van der Waals surface area contributed by atoms with E-state index in [-0.39, 0.29) is 29.4 Å². The van der Waals surface area contributed by atoms with Gasteiger partial charge in [-0.3, -0.25) is 0 Å². The van der Waals surface area contributed by atoms with Gasteiger partial charge in [0.2, 0.25) is 6.10 Å². The fourth-order valence-electron chi connectivity index (χ4n) is 4.05. The summed E-state index contributed by atoms with van der Waals surface area (Å²) in [5.41, 5.74) is 3.93. The van der Waals surface area contributed by atoms with E-state index in [0.29, 0.717) is 6.42 Å². The Kier molecular flexibility index (Phi) is 9.17. The summed E-state index contributed by atoms with van der Waals surface area (Å²) in [4.78, 5) is 46.7. The summed E-state index contributed by atoms with van der Waals surface area (Å²) < 4.78 is 20.6. The number of esters is 2. The number of hydrogen-bond donors (Lipinski definition) is 3. The molecule has 0 unspecified atom stereocenters. The Balaban J connectivity index is 0.000000275. The molecule has 204 valence electrons. The second-order valence-electron chi connectivity index (χ2n) is 9.17. The predicted octanol–water partition coefficient (Wildman–Crippen LogP) is -0.846. The van der Waals surface area contributed by atoms with Crippen LogP contribution in [0.3, 0.4) is 0 Å². The van der Waals surface area contributed by atoms with Gasteiger partial charge in [-0.05, 0) is 38.1 Å². The number of carbonyl (C=O) groups is 4. The first-order chi connectivity index (χ1) is 17.9. The third-order valence-electron chi connectivity index (χ3n) is 5.79. The van der Waals surface area contributed by atoms with Crippen molar-refractivity contribution in [3.05, 3.63) is 71.8 Å². The number of carboxylic acid groups (broad SMARTS) is 2. The molecule has 5 N–H and O–H groups in total. The number of hydrogen-bond acceptors (Lipinski definition) is 10. The highest BCUT2D eigenvalue weighted by Crippen LogP contribution is 2.36. The quantitative estimate of drug-likeness (QED) is 0.377. The van der Waals surface area contributed by atoms with Crippen LogP contribution >= 0.6 is 0 Å². The molecular formula is C26H29NO11. The number of quaternary nitrogens is 1. The van der Waals surface area contributed by atoms with E-state index in [4.69, 9.17) is 18.9 Å². The third-order valence-corrected chi connectivity index (χ3v) is 5.79. The second-order valence-corrected chi connectivity index (χ2v) is 9.17. The van der Waals surface area contributed by atoms with Gasteiger partial charge < -0.3 is 44.8 Å². The minimum atomic E-state index is -2.33. The summed E-state index contributed by atoms with van der Waals surface area (Å²) in [5, 5.41) is 30.1. The molecule has 2 aromatic carbocycles. The summed E-state index contributed by atoms with van der Waals surface area (Å²) in [6, 6.07) is 14.8. The lowest BCUT2D eigenvalue weighted by Crippen LogP contribution is -2.65. The SMILES string of the molecule is CC1(C)O[C@@H]2[C@H](O1)[C@@H](O)C[C@H]2[NH3+].O=C(O[C@@H](C(=O)[O-])[C@@H](OC(=O)c1ccccc1)C(=O)O)c1ccccc1. The van der Waals surface area contributed by atoms with Crippen molar-refractivity contribution in [2.75, 3.05) is 0 Å². The number of aliphatic carboxylic acids is 2. The minimum absolute atomic E-state index is 0.00252. The lowest BCUT2D eigenvalue weighted by atomic mass is 10.1. The van der Waals surface area contributed by atoms with Gasteiger partial charge in [0, 0.05) is 6.42 Å². The van der Waals surface area contributed by atoms with Gasteiger partial charge in [0.1, 0.15) is 18.2 Å². The molecular weight excluding hydrogens is 502 g/mol. The molecule has 0 amide bonds. The molecule has 0 aromatic heterocycles. The van der Waals surface area contributed by atoms with Crippen molar-refractivity contribution in [2.45, 2.75) is 62.6 Å². The average molecular weight is 532 g/mol. The van der Waals surface area contributed by atoms with Crippen LogP contribution < -0.4 is 10.8 Å². The van der Waals surface area contributed by atoms with Crippen LogP contribution in [0.15, 0.2) is 60.7 Å². The van der Waals surface area contributed by atoms with Gasteiger partial charge in [-0.1, -0.05) is 36.4 Å². The fraction of sp³-hybridized carbons (Fsp3) is 0.385. The zero-order chi connectivity index (χ0) is 28.0. The van der Waals surface area contributed by atoms with E-state index in [1.54, 1.807) is 12.1 Å². The molecule has 38 heavy (non-hydrogen) atoms. The molecule has 0 radical (unpaired) electrons. The first-order valence-electron chi connectivity index (χ1n) is 11.7. The first kappa shape index (κ1) is 28.7. The molecule has 1 heterocycles. The molecule has 0 bridgehead atoms. The number of aliphatic hydroxyl groups excluding tert-OH is 1. The molecule has 1 aliphatic carbocycles.